The van der Waals surface area contributed by atoms with Crippen molar-refractivity contribution in [3.05, 3.63) is 103 Å². The molecule has 2 heterocycles. The molecule has 0 fully saturated rings. The summed E-state index contributed by atoms with van der Waals surface area (Å²) >= 11 is 0. The predicted octanol–water partition coefficient (Wildman–Crippen LogP) is 6.89. The molecule has 236 valence electrons. The molecule has 0 spiro atoms. The van der Waals surface area contributed by atoms with E-state index < -0.39 is 0 Å². The summed E-state index contributed by atoms with van der Waals surface area (Å²) in [6, 6.07) is 32.8. The Morgan fingerprint density at radius 1 is 0.511 bits per heavy atom. The number of benzene rings is 4. The lowest BCUT2D eigenvalue weighted by atomic mass is 10.1. The van der Waals surface area contributed by atoms with Crippen LogP contribution in [-0.4, -0.2) is 53.2 Å². The van der Waals surface area contributed by atoms with Crippen molar-refractivity contribution in [2.45, 2.75) is 0 Å². The zero-order chi connectivity index (χ0) is 32.8. The van der Waals surface area contributed by atoms with Gasteiger partial charge in [-0.1, -0.05) is 24.3 Å². The SMILES string of the molecule is COc1ccc(Nc2nc(Nc3ccc(OC)cc3)nc(Nc3ccc(-c4cc(-c5ccc(N(C)C)cc5)nc(N)n4)cc3)n2)cc1. The lowest BCUT2D eigenvalue weighted by molar-refractivity contribution is 0.415. The molecule has 6 aromatic rings. The summed E-state index contributed by atoms with van der Waals surface area (Å²) in [6.07, 6.45) is 0. The second-order valence-electron chi connectivity index (χ2n) is 10.7. The van der Waals surface area contributed by atoms with Crippen LogP contribution in [0.25, 0.3) is 22.5 Å². The van der Waals surface area contributed by atoms with E-state index in [9.17, 15) is 0 Å². The summed E-state index contributed by atoms with van der Waals surface area (Å²) in [5.74, 6) is 2.74. The van der Waals surface area contributed by atoms with Gasteiger partial charge in [0.05, 0.1) is 25.6 Å². The lowest BCUT2D eigenvalue weighted by Crippen LogP contribution is -2.08. The van der Waals surface area contributed by atoms with Crippen LogP contribution in [0.15, 0.2) is 103 Å². The number of anilines is 8. The highest BCUT2D eigenvalue weighted by Gasteiger charge is 2.11. The van der Waals surface area contributed by atoms with Crippen LogP contribution >= 0.6 is 0 Å². The van der Waals surface area contributed by atoms with E-state index in [-0.39, 0.29) is 5.95 Å². The number of aromatic nitrogens is 5. The van der Waals surface area contributed by atoms with Crippen molar-refractivity contribution < 1.29 is 9.47 Å². The van der Waals surface area contributed by atoms with Crippen LogP contribution in [0.4, 0.5) is 46.5 Å². The number of nitrogens with one attached hydrogen (secondary N) is 3. The quantitative estimate of drug-likeness (QED) is 0.119. The molecule has 0 atom stereocenters. The summed E-state index contributed by atoms with van der Waals surface area (Å²) in [4.78, 5) is 24.8. The molecule has 0 radical (unpaired) electrons. The van der Waals surface area contributed by atoms with Crippen LogP contribution in [0.5, 0.6) is 11.5 Å². The highest BCUT2D eigenvalue weighted by molar-refractivity contribution is 5.72. The molecular formula is C35H34N10O2. The van der Waals surface area contributed by atoms with E-state index in [0.29, 0.717) is 23.5 Å². The van der Waals surface area contributed by atoms with E-state index in [1.165, 1.54) is 0 Å². The zero-order valence-corrected chi connectivity index (χ0v) is 26.4. The molecule has 47 heavy (non-hydrogen) atoms. The number of methoxy groups -OCH3 is 2. The lowest BCUT2D eigenvalue weighted by Gasteiger charge is -2.13. The molecule has 0 aliphatic heterocycles. The number of rotatable bonds is 11. The molecule has 12 nitrogen and oxygen atoms in total. The van der Waals surface area contributed by atoms with Gasteiger partial charge >= 0.3 is 0 Å². The Morgan fingerprint density at radius 2 is 0.872 bits per heavy atom. The van der Waals surface area contributed by atoms with E-state index >= 15 is 0 Å². The molecule has 12 heteroatoms. The number of nitrogens with zero attached hydrogens (tertiary/aromatic N) is 6. The number of ether oxygens (including phenoxy) is 2. The molecule has 0 aliphatic rings. The Kier molecular flexibility index (Phi) is 8.91. The maximum absolute atomic E-state index is 6.12. The van der Waals surface area contributed by atoms with Gasteiger partial charge < -0.3 is 36.1 Å². The van der Waals surface area contributed by atoms with Gasteiger partial charge in [0.1, 0.15) is 11.5 Å². The molecule has 0 amide bonds. The van der Waals surface area contributed by atoms with Gasteiger partial charge in [0.25, 0.3) is 0 Å². The largest absolute Gasteiger partial charge is 0.497 e. The molecule has 0 saturated carbocycles. The van der Waals surface area contributed by atoms with Crippen LogP contribution in [0.1, 0.15) is 0 Å². The van der Waals surface area contributed by atoms with Gasteiger partial charge in [0.2, 0.25) is 23.8 Å². The molecule has 0 bridgehead atoms. The van der Waals surface area contributed by atoms with Crippen molar-refractivity contribution in [3.8, 4) is 34.0 Å². The first-order chi connectivity index (χ1) is 22.8. The Hall–Kier alpha value is -6.43. The topological polar surface area (TPSA) is 148 Å². The summed E-state index contributed by atoms with van der Waals surface area (Å²) in [7, 11) is 7.26. The second kappa shape index (κ2) is 13.7. The molecular weight excluding hydrogens is 592 g/mol. The van der Waals surface area contributed by atoms with E-state index in [4.69, 9.17) is 15.2 Å². The fourth-order valence-corrected chi connectivity index (χ4v) is 4.70. The minimum atomic E-state index is 0.204. The van der Waals surface area contributed by atoms with Gasteiger partial charge in [-0.3, -0.25) is 0 Å². The average molecular weight is 627 g/mol. The van der Waals surface area contributed by atoms with Gasteiger partial charge in [-0.05, 0) is 78.9 Å². The van der Waals surface area contributed by atoms with Crippen LogP contribution < -0.4 is 36.1 Å². The minimum Gasteiger partial charge on any atom is -0.497 e. The number of nitrogen functional groups attached to an aromatic ring is 1. The molecule has 6 rings (SSSR count). The summed E-state index contributed by atoms with van der Waals surface area (Å²) < 4.78 is 10.5. The van der Waals surface area contributed by atoms with Crippen LogP contribution in [0.3, 0.4) is 0 Å². The maximum Gasteiger partial charge on any atom is 0.233 e. The fourth-order valence-electron chi connectivity index (χ4n) is 4.70. The van der Waals surface area contributed by atoms with Gasteiger partial charge in [-0.2, -0.15) is 15.0 Å². The highest BCUT2D eigenvalue weighted by Crippen LogP contribution is 2.28. The molecule has 0 unspecified atom stereocenters. The Morgan fingerprint density at radius 3 is 1.23 bits per heavy atom. The number of hydrogen-bond acceptors (Lipinski definition) is 12. The summed E-state index contributed by atoms with van der Waals surface area (Å²) in [5.41, 5.74) is 12.9. The third-order valence-corrected chi connectivity index (χ3v) is 7.19. The van der Waals surface area contributed by atoms with E-state index in [2.05, 4.69) is 40.9 Å². The third-order valence-electron chi connectivity index (χ3n) is 7.19. The van der Waals surface area contributed by atoms with Gasteiger partial charge in [0, 0.05) is 48.0 Å². The Balaban J connectivity index is 1.24. The zero-order valence-electron chi connectivity index (χ0n) is 26.4. The van der Waals surface area contributed by atoms with Crippen molar-refractivity contribution in [2.75, 3.05) is 54.9 Å². The van der Waals surface area contributed by atoms with Crippen molar-refractivity contribution in [3.63, 3.8) is 0 Å². The number of nitrogens with two attached hydrogens (primary N) is 1. The Bertz CT molecular complexity index is 1880. The first-order valence-corrected chi connectivity index (χ1v) is 14.7. The van der Waals surface area contributed by atoms with Crippen LogP contribution in [0, 0.1) is 0 Å². The van der Waals surface area contributed by atoms with Gasteiger partial charge in [0.15, 0.2) is 0 Å². The normalized spacial score (nSPS) is 10.6. The fraction of sp³-hybridized carbons (Fsp3) is 0.114. The molecule has 2 aromatic heterocycles. The van der Waals surface area contributed by atoms with E-state index in [1.54, 1.807) is 14.2 Å². The predicted molar refractivity (Wildman–Crippen MR) is 187 cm³/mol. The molecule has 5 N–H and O–H groups in total. The highest BCUT2D eigenvalue weighted by atomic mass is 16.5. The van der Waals surface area contributed by atoms with Gasteiger partial charge in [-0.15, -0.1) is 0 Å². The number of hydrogen-bond donors (Lipinski definition) is 4. The summed E-state index contributed by atoms with van der Waals surface area (Å²) in [6.45, 7) is 0. The van der Waals surface area contributed by atoms with Crippen LogP contribution in [-0.2, 0) is 0 Å². The van der Waals surface area contributed by atoms with E-state index in [1.807, 2.05) is 122 Å². The molecule has 0 saturated heterocycles. The van der Waals surface area contributed by atoms with Crippen molar-refractivity contribution in [1.29, 1.82) is 0 Å². The standard InChI is InChI=1S/C35H34N10O2/c1-45(2)27-15-7-23(8-16-27)31-21-30(40-32(36)41-31)22-5-9-24(10-6-22)37-33-42-34(38-25-11-17-28(46-3)18-12-25)44-35(43-33)39-26-13-19-29(47-4)20-14-26/h5-21H,1-4H3,(H2,36,40,41)(H3,37,38,39,42,43,44). The summed E-state index contributed by atoms with van der Waals surface area (Å²) in [5, 5.41) is 9.78. The average Bonchev–Trinajstić information content (AvgIpc) is 3.09. The van der Waals surface area contributed by atoms with Crippen LogP contribution in [0.2, 0.25) is 0 Å². The van der Waals surface area contributed by atoms with Crippen molar-refractivity contribution >= 4 is 46.5 Å². The molecule has 4 aromatic carbocycles. The second-order valence-corrected chi connectivity index (χ2v) is 10.7. The Labute approximate surface area is 272 Å². The van der Waals surface area contributed by atoms with Gasteiger partial charge in [-0.25, -0.2) is 9.97 Å². The first-order valence-electron chi connectivity index (χ1n) is 14.7. The smallest absolute Gasteiger partial charge is 0.233 e. The minimum absolute atomic E-state index is 0.204. The maximum atomic E-state index is 6.12. The van der Waals surface area contributed by atoms with E-state index in [0.717, 1.165) is 51.1 Å². The van der Waals surface area contributed by atoms with Crippen molar-refractivity contribution in [1.82, 2.24) is 24.9 Å². The van der Waals surface area contributed by atoms with Crippen molar-refractivity contribution in [2.24, 2.45) is 0 Å². The third kappa shape index (κ3) is 7.63. The first kappa shape index (κ1) is 30.6. The monoisotopic (exact) mass is 626 g/mol. The molecule has 0 aliphatic carbocycles.